The third-order valence-corrected chi connectivity index (χ3v) is 8.26. The first-order valence-electron chi connectivity index (χ1n) is 8.88. The normalized spacial score (nSPS) is 25.0. The first kappa shape index (κ1) is 21.6. The zero-order valence-electron chi connectivity index (χ0n) is 15.5. The van der Waals surface area contributed by atoms with E-state index < -0.39 is 10.0 Å². The largest absolute Gasteiger partial charge is 0.340 e. The van der Waals surface area contributed by atoms with E-state index in [1.165, 1.54) is 15.6 Å². The number of amides is 1. The quantitative estimate of drug-likeness (QED) is 0.810. The van der Waals surface area contributed by atoms with Crippen molar-refractivity contribution >= 4 is 39.7 Å². The van der Waals surface area contributed by atoms with Crippen LogP contribution in [0.3, 0.4) is 0 Å². The molecule has 2 aliphatic rings. The fourth-order valence-electron chi connectivity index (χ4n) is 3.77. The predicted octanol–water partition coefficient (Wildman–Crippen LogP) is 2.01. The number of aryl methyl sites for hydroxylation is 2. The maximum absolute atomic E-state index is 12.9. The summed E-state index contributed by atoms with van der Waals surface area (Å²) >= 11 is 1.51. The van der Waals surface area contributed by atoms with E-state index >= 15 is 0 Å². The van der Waals surface area contributed by atoms with Crippen LogP contribution in [0.4, 0.5) is 0 Å². The van der Waals surface area contributed by atoms with Crippen LogP contribution in [0, 0.1) is 19.8 Å². The fourth-order valence-corrected chi connectivity index (χ4v) is 6.71. The summed E-state index contributed by atoms with van der Waals surface area (Å²) in [6.07, 6.45) is 1.74. The molecule has 6 nitrogen and oxygen atoms in total. The van der Waals surface area contributed by atoms with Gasteiger partial charge < -0.3 is 10.2 Å². The van der Waals surface area contributed by atoms with Crippen molar-refractivity contribution < 1.29 is 13.2 Å². The summed E-state index contributed by atoms with van der Waals surface area (Å²) in [6, 6.07) is 2.12. The summed E-state index contributed by atoms with van der Waals surface area (Å²) in [6.45, 7) is 8.48. The van der Waals surface area contributed by atoms with Gasteiger partial charge in [-0.15, -0.1) is 23.7 Å². The molecule has 1 aromatic rings. The van der Waals surface area contributed by atoms with Crippen molar-refractivity contribution in [2.24, 2.45) is 5.92 Å². The van der Waals surface area contributed by atoms with Crippen molar-refractivity contribution in [3.63, 3.8) is 0 Å². The van der Waals surface area contributed by atoms with Crippen LogP contribution in [0.2, 0.25) is 0 Å². The monoisotopic (exact) mass is 421 g/mol. The number of piperazine rings is 1. The van der Waals surface area contributed by atoms with Crippen molar-refractivity contribution in [2.45, 2.75) is 44.6 Å². The number of rotatable bonds is 3. The fraction of sp³-hybridized carbons (Fsp3) is 0.706. The molecule has 2 fully saturated rings. The Bertz CT molecular complexity index is 742. The molecular weight excluding hydrogens is 394 g/mol. The average Bonchev–Trinajstić information content (AvgIpc) is 2.93. The highest BCUT2D eigenvalue weighted by atomic mass is 35.5. The van der Waals surface area contributed by atoms with Gasteiger partial charge in [0.25, 0.3) is 0 Å². The Morgan fingerprint density at radius 1 is 1.23 bits per heavy atom. The highest BCUT2D eigenvalue weighted by Gasteiger charge is 2.34. The van der Waals surface area contributed by atoms with E-state index in [1.54, 1.807) is 6.07 Å². The lowest BCUT2D eigenvalue weighted by Gasteiger charge is -2.37. The number of halogens is 1. The van der Waals surface area contributed by atoms with E-state index in [2.05, 4.69) is 12.2 Å². The molecule has 0 bridgehead atoms. The maximum atomic E-state index is 12.9. The zero-order chi connectivity index (χ0) is 18.2. The Balaban J connectivity index is 0.00000243. The molecule has 3 rings (SSSR count). The summed E-state index contributed by atoms with van der Waals surface area (Å²) in [7, 11) is -3.46. The molecular formula is C17H28ClN3O3S2. The molecule has 0 radical (unpaired) electrons. The van der Waals surface area contributed by atoms with Gasteiger partial charge in [0.05, 0.1) is 4.90 Å². The summed E-state index contributed by atoms with van der Waals surface area (Å²) in [4.78, 5) is 16.8. The summed E-state index contributed by atoms with van der Waals surface area (Å²) in [5, 5.41) is 3.36. The van der Waals surface area contributed by atoms with Crippen LogP contribution >= 0.6 is 23.7 Å². The van der Waals surface area contributed by atoms with Gasteiger partial charge in [0.15, 0.2) is 0 Å². The second-order valence-electron chi connectivity index (χ2n) is 7.08. The van der Waals surface area contributed by atoms with Crippen molar-refractivity contribution in [2.75, 3.05) is 32.7 Å². The Morgan fingerprint density at radius 2 is 1.88 bits per heavy atom. The van der Waals surface area contributed by atoms with Gasteiger partial charge in [-0.1, -0.05) is 0 Å². The molecule has 0 unspecified atom stereocenters. The van der Waals surface area contributed by atoms with Crippen molar-refractivity contribution in [1.29, 1.82) is 0 Å². The molecule has 2 saturated heterocycles. The number of piperidine rings is 1. The molecule has 26 heavy (non-hydrogen) atoms. The van der Waals surface area contributed by atoms with Crippen LogP contribution in [-0.2, 0) is 14.8 Å². The molecule has 148 valence electrons. The van der Waals surface area contributed by atoms with E-state index in [1.807, 2.05) is 18.7 Å². The van der Waals surface area contributed by atoms with Gasteiger partial charge in [-0.05, 0) is 46.2 Å². The van der Waals surface area contributed by atoms with E-state index in [0.717, 1.165) is 29.1 Å². The van der Waals surface area contributed by atoms with Gasteiger partial charge in [-0.3, -0.25) is 4.79 Å². The highest BCUT2D eigenvalue weighted by Crippen LogP contribution is 2.28. The van der Waals surface area contributed by atoms with Gasteiger partial charge in [0.1, 0.15) is 0 Å². The molecule has 9 heteroatoms. The average molecular weight is 422 g/mol. The molecule has 0 aromatic carbocycles. The van der Waals surface area contributed by atoms with Crippen molar-refractivity contribution in [3.05, 3.63) is 15.8 Å². The Kier molecular flexibility index (Phi) is 7.12. The lowest BCUT2D eigenvalue weighted by molar-refractivity contribution is -0.137. The first-order chi connectivity index (χ1) is 11.8. The number of carbonyl (C=O) groups is 1. The minimum Gasteiger partial charge on any atom is -0.340 e. The SMILES string of the molecule is Cc1cc(S(=O)(=O)N2CCN(C(=O)[C@H]3CCN[C@@H](C)C3)CC2)c(C)s1.Cl. The summed E-state index contributed by atoms with van der Waals surface area (Å²) in [5.41, 5.74) is 0. The number of hydrogen-bond acceptors (Lipinski definition) is 5. The first-order valence-corrected chi connectivity index (χ1v) is 11.1. The van der Waals surface area contributed by atoms with Crippen LogP contribution in [0.15, 0.2) is 11.0 Å². The number of thiophene rings is 1. The molecule has 0 aliphatic carbocycles. The highest BCUT2D eigenvalue weighted by molar-refractivity contribution is 7.89. The van der Waals surface area contributed by atoms with Crippen molar-refractivity contribution in [1.82, 2.24) is 14.5 Å². The maximum Gasteiger partial charge on any atom is 0.244 e. The standard InChI is InChI=1S/C17H27N3O3S2.ClH/c1-12-10-15(4-5-18-12)17(21)19-6-8-20(9-7-19)25(22,23)16-11-13(2)24-14(16)3;/h11-12,15,18H,4-10H2,1-3H3;1H/t12-,15-;/m0./s1. The number of sulfonamides is 1. The molecule has 1 N–H and O–H groups in total. The third kappa shape index (κ3) is 4.42. The number of nitrogens with zero attached hydrogens (tertiary/aromatic N) is 2. The van der Waals surface area contributed by atoms with Gasteiger partial charge in [-0.2, -0.15) is 4.31 Å². The van der Waals surface area contributed by atoms with Gasteiger partial charge in [-0.25, -0.2) is 8.42 Å². The molecule has 2 atom stereocenters. The van der Waals surface area contributed by atoms with E-state index in [4.69, 9.17) is 0 Å². The lowest BCUT2D eigenvalue weighted by Crippen LogP contribution is -2.53. The molecule has 3 heterocycles. The number of carbonyl (C=O) groups excluding carboxylic acids is 1. The van der Waals surface area contributed by atoms with Crippen LogP contribution in [0.1, 0.15) is 29.5 Å². The number of hydrogen-bond donors (Lipinski definition) is 1. The second-order valence-corrected chi connectivity index (χ2v) is 10.5. The van der Waals surface area contributed by atoms with Crippen LogP contribution < -0.4 is 5.32 Å². The second kappa shape index (κ2) is 8.56. The minimum atomic E-state index is -3.46. The number of nitrogens with one attached hydrogen (secondary N) is 1. The third-order valence-electron chi connectivity index (χ3n) is 5.14. The smallest absolute Gasteiger partial charge is 0.244 e. The van der Waals surface area contributed by atoms with Gasteiger partial charge in [0, 0.05) is 47.9 Å². The van der Waals surface area contributed by atoms with E-state index in [9.17, 15) is 13.2 Å². The zero-order valence-corrected chi connectivity index (χ0v) is 18.0. The van der Waals surface area contributed by atoms with Crippen LogP contribution in [-0.4, -0.2) is 62.3 Å². The molecule has 1 aromatic heterocycles. The molecule has 1 amide bonds. The van der Waals surface area contributed by atoms with Crippen LogP contribution in [0.5, 0.6) is 0 Å². The van der Waals surface area contributed by atoms with Gasteiger partial charge >= 0.3 is 0 Å². The van der Waals surface area contributed by atoms with Crippen LogP contribution in [0.25, 0.3) is 0 Å². The molecule has 2 aliphatic heterocycles. The van der Waals surface area contributed by atoms with E-state index in [-0.39, 0.29) is 24.2 Å². The van der Waals surface area contributed by atoms with E-state index in [0.29, 0.717) is 37.1 Å². The molecule has 0 spiro atoms. The Morgan fingerprint density at radius 3 is 2.42 bits per heavy atom. The topological polar surface area (TPSA) is 69.7 Å². The Labute approximate surface area is 166 Å². The summed E-state index contributed by atoms with van der Waals surface area (Å²) < 4.78 is 27.3. The predicted molar refractivity (Wildman–Crippen MR) is 107 cm³/mol. The summed E-state index contributed by atoms with van der Waals surface area (Å²) in [5.74, 6) is 0.258. The Hall–Kier alpha value is -0.670. The lowest BCUT2D eigenvalue weighted by atomic mass is 9.92. The minimum absolute atomic E-state index is 0. The van der Waals surface area contributed by atoms with Crippen molar-refractivity contribution in [3.8, 4) is 0 Å². The molecule has 0 saturated carbocycles. The van der Waals surface area contributed by atoms with Gasteiger partial charge in [0.2, 0.25) is 15.9 Å².